The van der Waals surface area contributed by atoms with E-state index in [9.17, 15) is 18.8 Å². The van der Waals surface area contributed by atoms with Crippen molar-refractivity contribution >= 4 is 23.4 Å². The number of benzene rings is 2. The number of halogens is 2. The average molecular weight is 486 g/mol. The van der Waals surface area contributed by atoms with Crippen LogP contribution in [0.4, 0.5) is 4.39 Å². The van der Waals surface area contributed by atoms with Crippen LogP contribution in [0.5, 0.6) is 0 Å². The minimum Gasteiger partial charge on any atom is -0.383 e. The van der Waals surface area contributed by atoms with Crippen LogP contribution in [-0.2, 0) is 24.2 Å². The molecule has 2 aromatic carbocycles. The van der Waals surface area contributed by atoms with Crippen molar-refractivity contribution in [2.75, 3.05) is 20.3 Å². The lowest BCUT2D eigenvalue weighted by atomic mass is 10.1. The first-order chi connectivity index (χ1) is 16.4. The van der Waals surface area contributed by atoms with Gasteiger partial charge in [-0.2, -0.15) is 0 Å². The van der Waals surface area contributed by atoms with Crippen molar-refractivity contribution in [1.29, 1.82) is 0 Å². The smallest absolute Gasteiger partial charge is 0.257 e. The first-order valence-corrected chi connectivity index (χ1v) is 11.0. The normalized spacial score (nSPS) is 10.7. The summed E-state index contributed by atoms with van der Waals surface area (Å²) in [6.07, 6.45) is 3.28. The number of ether oxygens (including phenoxy) is 1. The largest absolute Gasteiger partial charge is 0.383 e. The molecule has 0 radical (unpaired) electrons. The Morgan fingerprint density at radius 3 is 2.41 bits per heavy atom. The number of carbonyl (C=O) groups is 2. The molecule has 0 fully saturated rings. The van der Waals surface area contributed by atoms with Crippen LogP contribution in [0.25, 0.3) is 0 Å². The van der Waals surface area contributed by atoms with E-state index < -0.39 is 23.1 Å². The molecule has 7 nitrogen and oxygen atoms in total. The number of pyridine rings is 1. The van der Waals surface area contributed by atoms with Crippen molar-refractivity contribution in [3.05, 3.63) is 104 Å². The lowest BCUT2D eigenvalue weighted by molar-refractivity contribution is 0.0947. The van der Waals surface area contributed by atoms with Crippen molar-refractivity contribution < 1.29 is 18.7 Å². The Bertz CT molecular complexity index is 1230. The molecule has 34 heavy (non-hydrogen) atoms. The number of aromatic nitrogens is 1. The molecule has 2 amide bonds. The summed E-state index contributed by atoms with van der Waals surface area (Å²) in [5.41, 5.74) is 0.132. The topological polar surface area (TPSA) is 89.4 Å². The maximum absolute atomic E-state index is 13.9. The van der Waals surface area contributed by atoms with E-state index in [2.05, 4.69) is 10.6 Å². The van der Waals surface area contributed by atoms with Gasteiger partial charge in [0.25, 0.3) is 11.8 Å². The maximum atomic E-state index is 13.9. The first kappa shape index (κ1) is 25.1. The molecule has 0 spiro atoms. The van der Waals surface area contributed by atoms with Gasteiger partial charge < -0.3 is 19.9 Å². The molecule has 0 aliphatic carbocycles. The minimum atomic E-state index is -0.708. The second-order valence-corrected chi connectivity index (χ2v) is 7.99. The van der Waals surface area contributed by atoms with Crippen molar-refractivity contribution in [2.24, 2.45) is 0 Å². The molecule has 0 saturated carbocycles. The van der Waals surface area contributed by atoms with Crippen LogP contribution in [0.3, 0.4) is 0 Å². The molecular weight excluding hydrogens is 461 g/mol. The van der Waals surface area contributed by atoms with E-state index in [1.54, 1.807) is 28.8 Å². The standard InChI is InChI=1S/C25H25ClFN3O4/c1-34-12-11-30-15-20(24(32)28-10-9-17-5-4-7-19(26)13-17)23(31)21(16-30)25(33)29-14-18-6-2-3-8-22(18)27/h2-8,13,15-16H,9-12,14H2,1H3,(H,28,32)(H,29,33). The number of nitrogens with zero attached hydrogens (tertiary/aromatic N) is 1. The summed E-state index contributed by atoms with van der Waals surface area (Å²) >= 11 is 5.98. The SMILES string of the molecule is COCCn1cc(C(=O)NCCc2cccc(Cl)c2)c(=O)c(C(=O)NCc2ccccc2F)c1. The van der Waals surface area contributed by atoms with Crippen molar-refractivity contribution in [3.63, 3.8) is 0 Å². The Kier molecular flexibility index (Phi) is 8.95. The molecule has 3 rings (SSSR count). The molecule has 0 saturated heterocycles. The molecule has 178 valence electrons. The molecular formula is C25H25ClFN3O4. The lowest BCUT2D eigenvalue weighted by Gasteiger charge is -2.13. The Balaban J connectivity index is 1.77. The van der Waals surface area contributed by atoms with Crippen LogP contribution in [0.2, 0.25) is 5.02 Å². The van der Waals surface area contributed by atoms with Crippen LogP contribution >= 0.6 is 11.6 Å². The van der Waals surface area contributed by atoms with Gasteiger partial charge in [-0.25, -0.2) is 4.39 Å². The van der Waals surface area contributed by atoms with E-state index in [1.165, 1.54) is 31.6 Å². The summed E-state index contributed by atoms with van der Waals surface area (Å²) in [4.78, 5) is 38.5. The van der Waals surface area contributed by atoms with Gasteiger partial charge in [0.1, 0.15) is 16.9 Å². The zero-order valence-corrected chi connectivity index (χ0v) is 19.4. The molecule has 0 aliphatic rings. The number of carbonyl (C=O) groups excluding carboxylic acids is 2. The Labute approximate surface area is 201 Å². The summed E-state index contributed by atoms with van der Waals surface area (Å²) in [5.74, 6) is -1.76. The van der Waals surface area contributed by atoms with E-state index >= 15 is 0 Å². The third-order valence-corrected chi connectivity index (χ3v) is 5.34. The summed E-state index contributed by atoms with van der Waals surface area (Å²) < 4.78 is 20.5. The average Bonchev–Trinajstić information content (AvgIpc) is 2.82. The molecule has 0 unspecified atom stereocenters. The highest BCUT2D eigenvalue weighted by Gasteiger charge is 2.19. The predicted octanol–water partition coefficient (Wildman–Crippen LogP) is 3.19. The zero-order valence-electron chi connectivity index (χ0n) is 18.6. The quantitative estimate of drug-likeness (QED) is 0.461. The molecule has 2 N–H and O–H groups in total. The minimum absolute atomic E-state index is 0.0981. The summed E-state index contributed by atoms with van der Waals surface area (Å²) in [6.45, 7) is 0.821. The summed E-state index contributed by atoms with van der Waals surface area (Å²) in [6, 6.07) is 13.3. The predicted molar refractivity (Wildman–Crippen MR) is 128 cm³/mol. The molecule has 9 heteroatoms. The van der Waals surface area contributed by atoms with Gasteiger partial charge in [0, 0.05) is 49.7 Å². The zero-order chi connectivity index (χ0) is 24.5. The van der Waals surface area contributed by atoms with Gasteiger partial charge in [-0.3, -0.25) is 14.4 Å². The molecule has 1 aromatic heterocycles. The summed E-state index contributed by atoms with van der Waals surface area (Å²) in [7, 11) is 1.52. The lowest BCUT2D eigenvalue weighted by Crippen LogP contribution is -2.36. The van der Waals surface area contributed by atoms with E-state index in [-0.39, 0.29) is 29.8 Å². The fraction of sp³-hybridized carbons (Fsp3) is 0.240. The fourth-order valence-corrected chi connectivity index (χ4v) is 3.51. The highest BCUT2D eigenvalue weighted by molar-refractivity contribution is 6.30. The molecule has 0 aliphatic heterocycles. The number of nitrogens with one attached hydrogen (secondary N) is 2. The van der Waals surface area contributed by atoms with E-state index in [4.69, 9.17) is 16.3 Å². The van der Waals surface area contributed by atoms with Crippen LogP contribution < -0.4 is 16.1 Å². The fourth-order valence-electron chi connectivity index (χ4n) is 3.30. The number of rotatable bonds is 10. The van der Waals surface area contributed by atoms with Gasteiger partial charge in [0.15, 0.2) is 0 Å². The number of hydrogen-bond donors (Lipinski definition) is 2. The van der Waals surface area contributed by atoms with Crippen molar-refractivity contribution in [2.45, 2.75) is 19.5 Å². The van der Waals surface area contributed by atoms with Gasteiger partial charge in [-0.15, -0.1) is 0 Å². The van der Waals surface area contributed by atoms with Crippen molar-refractivity contribution in [1.82, 2.24) is 15.2 Å². The molecule has 1 heterocycles. The van der Waals surface area contributed by atoms with Crippen LogP contribution in [0.1, 0.15) is 31.8 Å². The maximum Gasteiger partial charge on any atom is 0.257 e. The highest BCUT2D eigenvalue weighted by atomic mass is 35.5. The number of methoxy groups -OCH3 is 1. The monoisotopic (exact) mass is 485 g/mol. The Hall–Kier alpha value is -3.49. The van der Waals surface area contributed by atoms with Gasteiger partial charge in [0.2, 0.25) is 5.43 Å². The van der Waals surface area contributed by atoms with Gasteiger partial charge in [0.05, 0.1) is 6.61 Å². The Morgan fingerprint density at radius 1 is 1.03 bits per heavy atom. The van der Waals surface area contributed by atoms with Crippen LogP contribution in [0, 0.1) is 5.82 Å². The third-order valence-electron chi connectivity index (χ3n) is 5.11. The second-order valence-electron chi connectivity index (χ2n) is 7.56. The first-order valence-electron chi connectivity index (χ1n) is 10.7. The van der Waals surface area contributed by atoms with E-state index in [1.807, 2.05) is 12.1 Å². The second kappa shape index (κ2) is 12.1. The highest BCUT2D eigenvalue weighted by Crippen LogP contribution is 2.11. The number of amides is 2. The van der Waals surface area contributed by atoms with Crippen LogP contribution in [-0.4, -0.2) is 36.6 Å². The van der Waals surface area contributed by atoms with E-state index in [0.717, 1.165) is 5.56 Å². The molecule has 0 bridgehead atoms. The summed E-state index contributed by atoms with van der Waals surface area (Å²) in [5, 5.41) is 5.86. The van der Waals surface area contributed by atoms with Crippen molar-refractivity contribution in [3.8, 4) is 0 Å². The van der Waals surface area contributed by atoms with E-state index in [0.29, 0.717) is 24.6 Å². The molecule has 3 aromatic rings. The third kappa shape index (κ3) is 6.76. The van der Waals surface area contributed by atoms with Gasteiger partial charge in [-0.05, 0) is 30.2 Å². The number of hydrogen-bond acceptors (Lipinski definition) is 4. The molecule has 0 atom stereocenters. The Morgan fingerprint density at radius 2 is 1.74 bits per heavy atom. The van der Waals surface area contributed by atoms with Gasteiger partial charge >= 0.3 is 0 Å². The van der Waals surface area contributed by atoms with Crippen LogP contribution in [0.15, 0.2) is 65.7 Å². The van der Waals surface area contributed by atoms with Gasteiger partial charge in [-0.1, -0.05) is 41.9 Å².